The fourth-order valence-corrected chi connectivity index (χ4v) is 2.51. The lowest BCUT2D eigenvalue weighted by Crippen LogP contribution is -2.44. The quantitative estimate of drug-likeness (QED) is 0.589. The second-order valence-corrected chi connectivity index (χ2v) is 5.77. The van der Waals surface area contributed by atoms with E-state index in [-0.39, 0.29) is 5.56 Å². The predicted octanol–water partition coefficient (Wildman–Crippen LogP) is 1.97. The number of carbonyl (C=O) groups excluding carboxylic acids is 2. The number of hydrogen-bond donors (Lipinski definition) is 4. The number of aromatic carboxylic acids is 1. The molecule has 8 heteroatoms. The summed E-state index contributed by atoms with van der Waals surface area (Å²) in [4.78, 5) is 45.5. The lowest BCUT2D eigenvalue weighted by molar-refractivity contribution is -0.139. The molecule has 0 fully saturated rings. The van der Waals surface area contributed by atoms with Crippen LogP contribution in [0.25, 0.3) is 11.1 Å². The van der Waals surface area contributed by atoms with Crippen LogP contribution in [0, 0.1) is 0 Å². The van der Waals surface area contributed by atoms with E-state index in [1.807, 2.05) is 0 Å². The zero-order chi connectivity index (χ0) is 20.0. The lowest BCUT2D eigenvalue weighted by Gasteiger charge is -2.16. The molecule has 0 aliphatic rings. The topological polar surface area (TPSA) is 133 Å². The third kappa shape index (κ3) is 5.40. The molecule has 0 aliphatic heterocycles. The molecule has 8 nitrogen and oxygen atoms in total. The summed E-state index contributed by atoms with van der Waals surface area (Å²) in [6.07, 6.45) is -0.546. The molecule has 0 aliphatic carbocycles. The molecule has 2 amide bonds. The van der Waals surface area contributed by atoms with E-state index >= 15 is 0 Å². The fourth-order valence-electron chi connectivity index (χ4n) is 2.51. The van der Waals surface area contributed by atoms with E-state index in [0.717, 1.165) is 0 Å². The van der Waals surface area contributed by atoms with Gasteiger partial charge in [0.05, 0.1) is 12.0 Å². The smallest absolute Gasteiger partial charge is 0.336 e. The number of aliphatic carboxylic acids is 1. The number of carboxylic acid groups (broad SMARTS) is 2. The van der Waals surface area contributed by atoms with Crippen molar-refractivity contribution < 1.29 is 29.4 Å². The summed E-state index contributed by atoms with van der Waals surface area (Å²) >= 11 is 0. The van der Waals surface area contributed by atoms with Crippen molar-refractivity contribution in [2.75, 3.05) is 5.32 Å². The van der Waals surface area contributed by atoms with Crippen LogP contribution in [0.4, 0.5) is 5.69 Å². The summed E-state index contributed by atoms with van der Waals surface area (Å²) in [5.74, 6) is -3.44. The van der Waals surface area contributed by atoms with Crippen LogP contribution in [0.5, 0.6) is 0 Å². The molecular weight excluding hydrogens is 352 g/mol. The maximum absolute atomic E-state index is 12.2. The molecule has 0 saturated heterocycles. The van der Waals surface area contributed by atoms with Gasteiger partial charge in [-0.15, -0.1) is 0 Å². The van der Waals surface area contributed by atoms with Gasteiger partial charge in [0.2, 0.25) is 11.8 Å². The summed E-state index contributed by atoms with van der Waals surface area (Å²) < 4.78 is 0. The number of benzene rings is 2. The van der Waals surface area contributed by atoms with Crippen molar-refractivity contribution in [3.8, 4) is 11.1 Å². The van der Waals surface area contributed by atoms with Crippen LogP contribution in [0.2, 0.25) is 0 Å². The molecule has 0 saturated carbocycles. The number of anilines is 1. The van der Waals surface area contributed by atoms with Gasteiger partial charge < -0.3 is 20.8 Å². The summed E-state index contributed by atoms with van der Waals surface area (Å²) in [6.45, 7) is 1.19. The Kier molecular flexibility index (Phi) is 6.27. The zero-order valence-corrected chi connectivity index (χ0v) is 14.4. The third-order valence-corrected chi connectivity index (χ3v) is 3.69. The van der Waals surface area contributed by atoms with E-state index in [9.17, 15) is 24.3 Å². The van der Waals surface area contributed by atoms with Crippen LogP contribution in [0.3, 0.4) is 0 Å². The van der Waals surface area contributed by atoms with Crippen molar-refractivity contribution in [3.05, 3.63) is 54.1 Å². The van der Waals surface area contributed by atoms with Crippen molar-refractivity contribution >= 4 is 29.4 Å². The molecule has 0 radical (unpaired) electrons. The Balaban J connectivity index is 2.17. The number of amides is 2. The zero-order valence-electron chi connectivity index (χ0n) is 14.4. The normalized spacial score (nSPS) is 11.3. The first-order valence-electron chi connectivity index (χ1n) is 8.00. The average molecular weight is 370 g/mol. The minimum absolute atomic E-state index is 0.154. The average Bonchev–Trinajstić information content (AvgIpc) is 2.61. The standard InChI is InChI=1S/C19H18N2O6/c1-11(22)20-16(10-17(23)24)18(25)21-13-8-6-12(7-9-13)14-4-2-3-5-15(14)19(26)27/h2-9,16H,10H2,1H3,(H,20,22)(H,21,25)(H,23,24)(H,26,27)/t16-/m0/s1. The molecule has 0 bridgehead atoms. The van der Waals surface area contributed by atoms with Crippen LogP contribution < -0.4 is 10.6 Å². The van der Waals surface area contributed by atoms with Crippen molar-refractivity contribution in [3.63, 3.8) is 0 Å². The third-order valence-electron chi connectivity index (χ3n) is 3.69. The van der Waals surface area contributed by atoms with E-state index in [1.54, 1.807) is 42.5 Å². The van der Waals surface area contributed by atoms with Crippen LogP contribution in [-0.2, 0) is 14.4 Å². The molecule has 2 aromatic carbocycles. The second-order valence-electron chi connectivity index (χ2n) is 5.77. The van der Waals surface area contributed by atoms with Gasteiger partial charge in [-0.2, -0.15) is 0 Å². The molecule has 0 unspecified atom stereocenters. The van der Waals surface area contributed by atoms with Crippen molar-refractivity contribution in [2.24, 2.45) is 0 Å². The Morgan fingerprint density at radius 2 is 1.59 bits per heavy atom. The summed E-state index contributed by atoms with van der Waals surface area (Å²) in [7, 11) is 0. The number of carboxylic acids is 2. The number of carbonyl (C=O) groups is 4. The minimum atomic E-state index is -1.22. The highest BCUT2D eigenvalue weighted by Crippen LogP contribution is 2.25. The first-order chi connectivity index (χ1) is 12.8. The molecule has 0 spiro atoms. The van der Waals surface area contributed by atoms with Crippen molar-refractivity contribution in [1.82, 2.24) is 5.32 Å². The Morgan fingerprint density at radius 1 is 0.963 bits per heavy atom. The van der Waals surface area contributed by atoms with Gasteiger partial charge in [-0.25, -0.2) is 4.79 Å². The molecular formula is C19H18N2O6. The molecule has 27 heavy (non-hydrogen) atoms. The maximum Gasteiger partial charge on any atom is 0.336 e. The van der Waals surface area contributed by atoms with Crippen molar-refractivity contribution in [1.29, 1.82) is 0 Å². The molecule has 4 N–H and O–H groups in total. The molecule has 1 atom stereocenters. The van der Waals surface area contributed by atoms with Gasteiger partial charge in [-0.05, 0) is 29.3 Å². The van der Waals surface area contributed by atoms with Gasteiger partial charge in [0, 0.05) is 12.6 Å². The summed E-state index contributed by atoms with van der Waals surface area (Å²) in [6, 6.07) is 11.7. The van der Waals surface area contributed by atoms with E-state index in [4.69, 9.17) is 5.11 Å². The van der Waals surface area contributed by atoms with Gasteiger partial charge in [-0.3, -0.25) is 14.4 Å². The molecule has 2 rings (SSSR count). The number of hydrogen-bond acceptors (Lipinski definition) is 4. The largest absolute Gasteiger partial charge is 0.481 e. The van der Waals surface area contributed by atoms with E-state index in [0.29, 0.717) is 16.8 Å². The SMILES string of the molecule is CC(=O)N[C@@H](CC(=O)O)C(=O)Nc1ccc(-c2ccccc2C(=O)O)cc1. The first kappa shape index (κ1) is 19.6. The predicted molar refractivity (Wildman–Crippen MR) is 97.3 cm³/mol. The number of rotatable bonds is 7. The van der Waals surface area contributed by atoms with E-state index < -0.39 is 36.2 Å². The summed E-state index contributed by atoms with van der Waals surface area (Å²) in [5, 5.41) is 23.0. The highest BCUT2D eigenvalue weighted by atomic mass is 16.4. The maximum atomic E-state index is 12.2. The Hall–Kier alpha value is -3.68. The van der Waals surface area contributed by atoms with Crippen LogP contribution >= 0.6 is 0 Å². The Labute approximate surface area is 154 Å². The van der Waals surface area contributed by atoms with Crippen LogP contribution in [0.1, 0.15) is 23.7 Å². The molecule has 2 aromatic rings. The monoisotopic (exact) mass is 370 g/mol. The fraction of sp³-hybridized carbons (Fsp3) is 0.158. The Morgan fingerprint density at radius 3 is 2.15 bits per heavy atom. The highest BCUT2D eigenvalue weighted by Gasteiger charge is 2.22. The molecule has 0 aromatic heterocycles. The van der Waals surface area contributed by atoms with Gasteiger partial charge in [0.1, 0.15) is 6.04 Å². The second kappa shape index (κ2) is 8.61. The van der Waals surface area contributed by atoms with Crippen LogP contribution in [0.15, 0.2) is 48.5 Å². The van der Waals surface area contributed by atoms with E-state index in [1.165, 1.54) is 13.0 Å². The minimum Gasteiger partial charge on any atom is -0.481 e. The van der Waals surface area contributed by atoms with Gasteiger partial charge in [-0.1, -0.05) is 30.3 Å². The lowest BCUT2D eigenvalue weighted by atomic mass is 9.99. The Bertz CT molecular complexity index is 860. The van der Waals surface area contributed by atoms with Gasteiger partial charge in [0.15, 0.2) is 0 Å². The number of nitrogens with one attached hydrogen (secondary N) is 2. The first-order valence-corrected chi connectivity index (χ1v) is 8.00. The van der Waals surface area contributed by atoms with Gasteiger partial charge in [0.25, 0.3) is 0 Å². The molecule has 0 heterocycles. The summed E-state index contributed by atoms with van der Waals surface area (Å²) in [5.41, 5.74) is 1.72. The van der Waals surface area contributed by atoms with Crippen LogP contribution in [-0.4, -0.2) is 40.0 Å². The van der Waals surface area contributed by atoms with Gasteiger partial charge >= 0.3 is 11.9 Å². The molecule has 140 valence electrons. The highest BCUT2D eigenvalue weighted by molar-refractivity contribution is 5.99. The van der Waals surface area contributed by atoms with Crippen molar-refractivity contribution in [2.45, 2.75) is 19.4 Å². The van der Waals surface area contributed by atoms with E-state index in [2.05, 4.69) is 10.6 Å².